The third-order valence-electron chi connectivity index (χ3n) is 2.74. The number of carbonyl (C=O) groups excluding carboxylic acids is 2. The van der Waals surface area contributed by atoms with Gasteiger partial charge in [0, 0.05) is 0 Å². The van der Waals surface area contributed by atoms with Crippen LogP contribution in [0.5, 0.6) is 0 Å². The van der Waals surface area contributed by atoms with Crippen molar-refractivity contribution in [2.45, 2.75) is 38.6 Å². The molecular formula is C12H24N2O3S. The third-order valence-corrected chi connectivity index (χ3v) is 3.80. The number of nitrogens with one attached hydrogen (secondary N) is 1. The second-order valence-electron chi connectivity index (χ2n) is 4.28. The zero-order valence-electron chi connectivity index (χ0n) is 11.5. The number of unbranched alkanes of at least 4 members (excludes halogenated alkanes) is 1. The van der Waals surface area contributed by atoms with Gasteiger partial charge in [-0.3, -0.25) is 9.59 Å². The van der Waals surface area contributed by atoms with Crippen LogP contribution < -0.4 is 11.1 Å². The number of nitrogens with two attached hydrogens (primary N) is 1. The van der Waals surface area contributed by atoms with Crippen LogP contribution in [0.25, 0.3) is 0 Å². The van der Waals surface area contributed by atoms with Crippen molar-refractivity contribution in [2.75, 3.05) is 25.2 Å². The van der Waals surface area contributed by atoms with Crippen LogP contribution in [0.15, 0.2) is 0 Å². The van der Waals surface area contributed by atoms with Crippen molar-refractivity contribution in [3.8, 4) is 0 Å². The standard InChI is InChI=1S/C12H24N2O3S/c1-4-17-11(16)12(2,14-3)7-5-6-8-18-9-10(13)15/h14H,4-9H2,1-3H3,(H2,13,15). The molecule has 1 amide bonds. The van der Waals surface area contributed by atoms with Crippen molar-refractivity contribution in [1.82, 2.24) is 5.32 Å². The quantitative estimate of drug-likeness (QED) is 0.458. The first-order valence-electron chi connectivity index (χ1n) is 6.18. The number of likely N-dealkylation sites (N-methyl/N-ethyl adjacent to an activating group) is 1. The van der Waals surface area contributed by atoms with Crippen LogP contribution in [-0.4, -0.2) is 42.6 Å². The fourth-order valence-corrected chi connectivity index (χ4v) is 2.23. The highest BCUT2D eigenvalue weighted by Crippen LogP contribution is 2.17. The number of hydrogen-bond acceptors (Lipinski definition) is 5. The van der Waals surface area contributed by atoms with Gasteiger partial charge in [0.15, 0.2) is 0 Å². The van der Waals surface area contributed by atoms with Crippen molar-refractivity contribution in [1.29, 1.82) is 0 Å². The van der Waals surface area contributed by atoms with Crippen molar-refractivity contribution in [3.63, 3.8) is 0 Å². The van der Waals surface area contributed by atoms with Crippen LogP contribution in [0.2, 0.25) is 0 Å². The molecule has 0 heterocycles. The summed E-state index contributed by atoms with van der Waals surface area (Å²) < 4.78 is 5.04. The van der Waals surface area contributed by atoms with Crippen molar-refractivity contribution in [3.05, 3.63) is 0 Å². The van der Waals surface area contributed by atoms with Crippen molar-refractivity contribution < 1.29 is 14.3 Å². The lowest BCUT2D eigenvalue weighted by molar-refractivity contribution is -0.150. The molecule has 106 valence electrons. The molecule has 0 aliphatic rings. The summed E-state index contributed by atoms with van der Waals surface area (Å²) >= 11 is 1.53. The number of primary amides is 1. The Balaban J connectivity index is 3.86. The number of ether oxygens (including phenoxy) is 1. The molecule has 0 saturated heterocycles. The van der Waals surface area contributed by atoms with E-state index in [-0.39, 0.29) is 11.9 Å². The van der Waals surface area contributed by atoms with Crippen LogP contribution in [0, 0.1) is 0 Å². The molecule has 6 heteroatoms. The van der Waals surface area contributed by atoms with Gasteiger partial charge in [0.2, 0.25) is 5.91 Å². The Kier molecular flexibility index (Phi) is 8.83. The van der Waals surface area contributed by atoms with E-state index in [1.54, 1.807) is 14.0 Å². The van der Waals surface area contributed by atoms with Gasteiger partial charge in [-0.25, -0.2) is 0 Å². The van der Waals surface area contributed by atoms with Gasteiger partial charge in [0.25, 0.3) is 0 Å². The summed E-state index contributed by atoms with van der Waals surface area (Å²) in [7, 11) is 1.76. The second-order valence-corrected chi connectivity index (χ2v) is 5.38. The summed E-state index contributed by atoms with van der Waals surface area (Å²) in [5, 5.41) is 3.02. The largest absolute Gasteiger partial charge is 0.465 e. The van der Waals surface area contributed by atoms with Crippen molar-refractivity contribution >= 4 is 23.6 Å². The summed E-state index contributed by atoms with van der Waals surface area (Å²) in [6.07, 6.45) is 2.58. The minimum Gasteiger partial charge on any atom is -0.465 e. The van der Waals surface area contributed by atoms with E-state index in [1.807, 2.05) is 6.92 Å². The summed E-state index contributed by atoms with van der Waals surface area (Å²) in [4.78, 5) is 22.3. The topological polar surface area (TPSA) is 81.4 Å². The van der Waals surface area contributed by atoms with Crippen LogP contribution in [0.4, 0.5) is 0 Å². The highest BCUT2D eigenvalue weighted by atomic mass is 32.2. The average Bonchev–Trinajstić information content (AvgIpc) is 2.33. The fraction of sp³-hybridized carbons (Fsp3) is 0.833. The molecule has 0 aromatic heterocycles. The smallest absolute Gasteiger partial charge is 0.326 e. The van der Waals surface area contributed by atoms with E-state index < -0.39 is 5.54 Å². The molecule has 0 aliphatic carbocycles. The Morgan fingerprint density at radius 3 is 2.56 bits per heavy atom. The van der Waals surface area contributed by atoms with Crippen LogP contribution in [0.1, 0.15) is 33.1 Å². The molecule has 0 aliphatic heterocycles. The van der Waals surface area contributed by atoms with Crippen LogP contribution in [0.3, 0.4) is 0 Å². The summed E-state index contributed by atoms with van der Waals surface area (Å²) in [6, 6.07) is 0. The lowest BCUT2D eigenvalue weighted by atomic mass is 9.95. The predicted molar refractivity (Wildman–Crippen MR) is 74.5 cm³/mol. The Bertz CT molecular complexity index is 274. The van der Waals surface area contributed by atoms with Gasteiger partial charge in [-0.1, -0.05) is 6.42 Å². The molecule has 0 radical (unpaired) electrons. The first kappa shape index (κ1) is 17.2. The monoisotopic (exact) mass is 276 g/mol. The molecule has 1 atom stereocenters. The Labute approximate surface area is 113 Å². The molecule has 0 spiro atoms. The van der Waals surface area contributed by atoms with E-state index >= 15 is 0 Å². The van der Waals surface area contributed by atoms with Gasteiger partial charge in [-0.2, -0.15) is 11.8 Å². The molecule has 0 fully saturated rings. The molecule has 0 rings (SSSR count). The van der Waals surface area contributed by atoms with Gasteiger partial charge in [0.05, 0.1) is 12.4 Å². The zero-order chi connectivity index (χ0) is 14.0. The van der Waals surface area contributed by atoms with Gasteiger partial charge in [0.1, 0.15) is 5.54 Å². The second kappa shape index (κ2) is 9.22. The SMILES string of the molecule is CCOC(=O)C(C)(CCCCSCC(N)=O)NC. The normalized spacial score (nSPS) is 13.9. The lowest BCUT2D eigenvalue weighted by Gasteiger charge is -2.26. The summed E-state index contributed by atoms with van der Waals surface area (Å²) in [5.74, 6) is 0.746. The van der Waals surface area contributed by atoms with Crippen molar-refractivity contribution in [2.24, 2.45) is 5.73 Å². The summed E-state index contributed by atoms with van der Waals surface area (Å²) in [6.45, 7) is 4.04. The highest BCUT2D eigenvalue weighted by Gasteiger charge is 2.31. The Morgan fingerprint density at radius 1 is 1.39 bits per heavy atom. The molecule has 3 N–H and O–H groups in total. The van der Waals surface area contributed by atoms with E-state index in [4.69, 9.17) is 10.5 Å². The maximum atomic E-state index is 11.8. The number of rotatable bonds is 10. The van der Waals surface area contributed by atoms with Gasteiger partial charge in [-0.05, 0) is 39.5 Å². The van der Waals surface area contributed by atoms with Gasteiger partial charge < -0.3 is 15.8 Å². The maximum Gasteiger partial charge on any atom is 0.326 e. The molecule has 0 saturated carbocycles. The minimum absolute atomic E-state index is 0.211. The Hall–Kier alpha value is -0.750. The average molecular weight is 276 g/mol. The highest BCUT2D eigenvalue weighted by molar-refractivity contribution is 7.99. The molecule has 1 unspecified atom stereocenters. The van der Waals surface area contributed by atoms with Crippen LogP contribution >= 0.6 is 11.8 Å². The van der Waals surface area contributed by atoms with Crippen LogP contribution in [-0.2, 0) is 14.3 Å². The minimum atomic E-state index is -0.621. The van der Waals surface area contributed by atoms with Gasteiger partial charge >= 0.3 is 5.97 Å². The molecule has 0 aromatic carbocycles. The van der Waals surface area contributed by atoms with E-state index in [1.165, 1.54) is 11.8 Å². The molecule has 18 heavy (non-hydrogen) atoms. The first-order valence-corrected chi connectivity index (χ1v) is 7.34. The summed E-state index contributed by atoms with van der Waals surface area (Å²) in [5.41, 5.74) is 4.42. The molecule has 0 aromatic rings. The predicted octanol–water partition coefficient (Wildman–Crippen LogP) is 0.916. The number of carbonyl (C=O) groups is 2. The lowest BCUT2D eigenvalue weighted by Crippen LogP contribution is -2.48. The number of amides is 1. The number of thioether (sulfide) groups is 1. The molecule has 5 nitrogen and oxygen atoms in total. The van der Waals surface area contributed by atoms with E-state index in [0.717, 1.165) is 25.0 Å². The van der Waals surface area contributed by atoms with E-state index in [2.05, 4.69) is 5.32 Å². The fourth-order valence-electron chi connectivity index (χ4n) is 1.47. The maximum absolute atomic E-state index is 11.8. The van der Waals surface area contributed by atoms with E-state index in [0.29, 0.717) is 12.4 Å². The molecular weight excluding hydrogens is 252 g/mol. The first-order chi connectivity index (χ1) is 8.46. The number of hydrogen-bond donors (Lipinski definition) is 2. The van der Waals surface area contributed by atoms with Gasteiger partial charge in [-0.15, -0.1) is 0 Å². The number of esters is 1. The van der Waals surface area contributed by atoms with E-state index in [9.17, 15) is 9.59 Å². The molecule has 0 bridgehead atoms. The Morgan fingerprint density at radius 2 is 2.06 bits per heavy atom. The third kappa shape index (κ3) is 6.86. The zero-order valence-corrected chi connectivity index (χ0v) is 12.3.